The predicted molar refractivity (Wildman–Crippen MR) is 133 cm³/mol. The first-order chi connectivity index (χ1) is 17.5. The molecule has 0 spiro atoms. The number of Topliss-reactive ketones (excluding diaryl/α,β-unsaturated/α-hetero) is 1. The fourth-order valence-corrected chi connectivity index (χ4v) is 4.43. The molecule has 2 heterocycles. The van der Waals surface area contributed by atoms with Crippen molar-refractivity contribution in [3.63, 3.8) is 0 Å². The summed E-state index contributed by atoms with van der Waals surface area (Å²) in [6, 6.07) is 18.1. The summed E-state index contributed by atoms with van der Waals surface area (Å²) in [4.78, 5) is 35.8. The topological polar surface area (TPSA) is 114 Å². The van der Waals surface area contributed by atoms with Gasteiger partial charge in [0.05, 0.1) is 49.5 Å². The van der Waals surface area contributed by atoms with Crippen LogP contribution in [0.1, 0.15) is 17.2 Å². The smallest absolute Gasteiger partial charge is 0.302 e. The summed E-state index contributed by atoms with van der Waals surface area (Å²) in [5.74, 6) is -0.615. The molecule has 4 aromatic rings. The van der Waals surface area contributed by atoms with Gasteiger partial charge in [-0.05, 0) is 42.0 Å². The minimum Gasteiger partial charge on any atom is -0.507 e. The number of hydrogen-bond donors (Lipinski definition) is 2. The standard InChI is InChI=1S/C27H23N3O6/c1-34-19-11-7-4-8-16(19)24(31)22-23(15-12-13-20(35-2)21(14-15)36-3)30(26(33)25(22)32)27-28-17-9-5-6-10-18(17)29-27/h4-14,23,31H,1-3H3,(H,28,29)/b24-22+. The van der Waals surface area contributed by atoms with Gasteiger partial charge < -0.3 is 24.3 Å². The lowest BCUT2D eigenvalue weighted by atomic mass is 9.94. The van der Waals surface area contributed by atoms with Gasteiger partial charge in [0, 0.05) is 0 Å². The third kappa shape index (κ3) is 3.61. The molecule has 1 atom stereocenters. The number of aliphatic hydroxyl groups is 1. The molecule has 1 aliphatic rings. The van der Waals surface area contributed by atoms with E-state index in [9.17, 15) is 14.7 Å². The number of nitrogens with zero attached hydrogens (tertiary/aromatic N) is 2. The van der Waals surface area contributed by atoms with E-state index in [-0.39, 0.29) is 22.8 Å². The molecule has 36 heavy (non-hydrogen) atoms. The maximum Gasteiger partial charge on any atom is 0.302 e. The van der Waals surface area contributed by atoms with Crippen LogP contribution in [0.3, 0.4) is 0 Å². The van der Waals surface area contributed by atoms with Crippen molar-refractivity contribution in [2.24, 2.45) is 0 Å². The Morgan fingerprint density at radius 1 is 0.889 bits per heavy atom. The third-order valence-electron chi connectivity index (χ3n) is 6.13. The summed E-state index contributed by atoms with van der Waals surface area (Å²) in [7, 11) is 4.47. The monoisotopic (exact) mass is 485 g/mol. The number of aromatic amines is 1. The molecule has 1 unspecified atom stereocenters. The molecular weight excluding hydrogens is 462 g/mol. The Hall–Kier alpha value is -4.79. The summed E-state index contributed by atoms with van der Waals surface area (Å²) in [6.07, 6.45) is 0. The van der Waals surface area contributed by atoms with E-state index < -0.39 is 17.7 Å². The van der Waals surface area contributed by atoms with Gasteiger partial charge in [-0.2, -0.15) is 0 Å². The van der Waals surface area contributed by atoms with Gasteiger partial charge in [0.1, 0.15) is 11.5 Å². The minimum atomic E-state index is -1.00. The highest BCUT2D eigenvalue weighted by molar-refractivity contribution is 6.51. The number of hydrogen-bond acceptors (Lipinski definition) is 7. The van der Waals surface area contributed by atoms with E-state index in [2.05, 4.69) is 9.97 Å². The number of H-pyrrole nitrogens is 1. The van der Waals surface area contributed by atoms with Crippen LogP contribution in [0.4, 0.5) is 5.95 Å². The number of ether oxygens (including phenoxy) is 3. The molecule has 1 fully saturated rings. The number of carbonyl (C=O) groups is 2. The number of anilines is 1. The molecule has 1 saturated heterocycles. The fraction of sp³-hybridized carbons (Fsp3) is 0.148. The summed E-state index contributed by atoms with van der Waals surface area (Å²) in [5.41, 5.74) is 2.03. The quantitative estimate of drug-likeness (QED) is 0.239. The van der Waals surface area contributed by atoms with Crippen LogP contribution in [-0.4, -0.2) is 48.1 Å². The number of rotatable bonds is 6. The van der Waals surface area contributed by atoms with Crippen LogP contribution in [0.25, 0.3) is 16.8 Å². The number of fused-ring (bicyclic) bond motifs is 1. The van der Waals surface area contributed by atoms with Crippen molar-refractivity contribution in [2.45, 2.75) is 6.04 Å². The molecule has 9 heteroatoms. The number of aliphatic hydroxyl groups excluding tert-OH is 1. The average molecular weight is 485 g/mol. The van der Waals surface area contributed by atoms with Crippen LogP contribution >= 0.6 is 0 Å². The van der Waals surface area contributed by atoms with Crippen LogP contribution in [0.5, 0.6) is 17.2 Å². The van der Waals surface area contributed by atoms with Crippen LogP contribution in [0.15, 0.2) is 72.3 Å². The van der Waals surface area contributed by atoms with Crippen molar-refractivity contribution in [2.75, 3.05) is 26.2 Å². The Labute approximate surface area is 206 Å². The third-order valence-corrected chi connectivity index (χ3v) is 6.13. The van der Waals surface area contributed by atoms with Crippen molar-refractivity contribution in [1.82, 2.24) is 9.97 Å². The molecule has 182 valence electrons. The van der Waals surface area contributed by atoms with Crippen LogP contribution in [0, 0.1) is 0 Å². The average Bonchev–Trinajstić information content (AvgIpc) is 3.46. The predicted octanol–water partition coefficient (Wildman–Crippen LogP) is 4.22. The molecule has 3 aromatic carbocycles. The van der Waals surface area contributed by atoms with Crippen molar-refractivity contribution >= 4 is 34.4 Å². The molecule has 0 radical (unpaired) electrons. The Morgan fingerprint density at radius 2 is 1.58 bits per heavy atom. The van der Waals surface area contributed by atoms with Gasteiger partial charge in [-0.15, -0.1) is 0 Å². The number of ketones is 1. The van der Waals surface area contributed by atoms with Gasteiger partial charge in [-0.3, -0.25) is 14.5 Å². The van der Waals surface area contributed by atoms with Crippen molar-refractivity contribution < 1.29 is 28.9 Å². The number of benzene rings is 3. The van der Waals surface area contributed by atoms with E-state index >= 15 is 0 Å². The van der Waals surface area contributed by atoms with E-state index in [1.165, 1.54) is 26.2 Å². The first-order valence-electron chi connectivity index (χ1n) is 11.1. The highest BCUT2D eigenvalue weighted by Crippen LogP contribution is 2.44. The van der Waals surface area contributed by atoms with Crippen LogP contribution < -0.4 is 19.1 Å². The molecule has 5 rings (SSSR count). The Kier molecular flexibility index (Phi) is 5.81. The van der Waals surface area contributed by atoms with E-state index in [1.807, 2.05) is 18.2 Å². The molecule has 0 aliphatic carbocycles. The number of imidazole rings is 1. The van der Waals surface area contributed by atoms with Crippen LogP contribution in [-0.2, 0) is 9.59 Å². The second kappa shape index (κ2) is 9.10. The van der Waals surface area contributed by atoms with Gasteiger partial charge in [-0.1, -0.05) is 30.3 Å². The Bertz CT molecular complexity index is 1490. The van der Waals surface area contributed by atoms with Gasteiger partial charge in [0.25, 0.3) is 5.78 Å². The molecule has 1 aromatic heterocycles. The van der Waals surface area contributed by atoms with Gasteiger partial charge in [-0.25, -0.2) is 4.98 Å². The molecule has 0 bridgehead atoms. The van der Waals surface area contributed by atoms with Crippen molar-refractivity contribution in [1.29, 1.82) is 0 Å². The maximum absolute atomic E-state index is 13.4. The van der Waals surface area contributed by atoms with E-state index in [4.69, 9.17) is 14.2 Å². The normalized spacial score (nSPS) is 17.0. The maximum atomic E-state index is 13.4. The number of methoxy groups -OCH3 is 3. The number of para-hydroxylation sites is 3. The van der Waals surface area contributed by atoms with Crippen molar-refractivity contribution in [3.05, 3.63) is 83.4 Å². The number of carbonyl (C=O) groups excluding carboxylic acids is 2. The molecule has 1 aliphatic heterocycles. The summed E-state index contributed by atoms with van der Waals surface area (Å²) >= 11 is 0. The lowest BCUT2D eigenvalue weighted by Gasteiger charge is -2.24. The summed E-state index contributed by atoms with van der Waals surface area (Å²) in [6.45, 7) is 0. The molecule has 0 saturated carbocycles. The van der Waals surface area contributed by atoms with Crippen LogP contribution in [0.2, 0.25) is 0 Å². The Morgan fingerprint density at radius 3 is 2.31 bits per heavy atom. The second-order valence-electron chi connectivity index (χ2n) is 8.06. The zero-order valence-corrected chi connectivity index (χ0v) is 19.8. The van der Waals surface area contributed by atoms with E-state index in [0.717, 1.165) is 0 Å². The molecule has 1 amide bonds. The highest BCUT2D eigenvalue weighted by atomic mass is 16.5. The molecule has 9 nitrogen and oxygen atoms in total. The first kappa shape index (κ1) is 23.0. The number of aromatic nitrogens is 2. The summed E-state index contributed by atoms with van der Waals surface area (Å²) in [5, 5.41) is 11.4. The summed E-state index contributed by atoms with van der Waals surface area (Å²) < 4.78 is 16.2. The zero-order valence-electron chi connectivity index (χ0n) is 19.8. The molecular formula is C27H23N3O6. The highest BCUT2D eigenvalue weighted by Gasteiger charge is 2.48. The Balaban J connectivity index is 1.77. The fourth-order valence-electron chi connectivity index (χ4n) is 4.43. The molecule has 2 N–H and O–H groups in total. The second-order valence-corrected chi connectivity index (χ2v) is 8.06. The van der Waals surface area contributed by atoms with Gasteiger partial charge in [0.15, 0.2) is 11.5 Å². The minimum absolute atomic E-state index is 0.0998. The first-order valence-corrected chi connectivity index (χ1v) is 11.1. The number of nitrogens with one attached hydrogen (secondary N) is 1. The van der Waals surface area contributed by atoms with E-state index in [0.29, 0.717) is 33.8 Å². The van der Waals surface area contributed by atoms with E-state index in [1.54, 1.807) is 48.5 Å². The lowest BCUT2D eigenvalue weighted by Crippen LogP contribution is -2.30. The zero-order chi connectivity index (χ0) is 25.4. The van der Waals surface area contributed by atoms with Gasteiger partial charge in [0.2, 0.25) is 5.95 Å². The van der Waals surface area contributed by atoms with Gasteiger partial charge >= 0.3 is 5.91 Å². The SMILES string of the molecule is COc1ccc(C2/C(=C(\O)c3ccccc3OC)C(=O)C(=O)N2c2nc3ccccc3[nH]2)cc1OC. The lowest BCUT2D eigenvalue weighted by molar-refractivity contribution is -0.132. The largest absolute Gasteiger partial charge is 0.507 e. The van der Waals surface area contributed by atoms with Crippen molar-refractivity contribution in [3.8, 4) is 17.2 Å². The number of amides is 1.